The molecule has 0 heterocycles. The first kappa shape index (κ1) is 15.4. The van der Waals surface area contributed by atoms with Crippen LogP contribution in [0.25, 0.3) is 0 Å². The van der Waals surface area contributed by atoms with Gasteiger partial charge in [-0.15, -0.1) is 0 Å². The summed E-state index contributed by atoms with van der Waals surface area (Å²) >= 11 is 11.7. The van der Waals surface area contributed by atoms with Gasteiger partial charge in [0.05, 0.1) is 10.6 Å². The number of benzene rings is 2. The third-order valence-electron chi connectivity index (χ3n) is 2.69. The quantitative estimate of drug-likeness (QED) is 0.495. The molecule has 21 heavy (non-hydrogen) atoms. The van der Waals surface area contributed by atoms with Crippen molar-refractivity contribution in [2.75, 3.05) is 5.43 Å². The van der Waals surface area contributed by atoms with Crippen LogP contribution in [-0.2, 0) is 6.61 Å². The van der Waals surface area contributed by atoms with Gasteiger partial charge in [0.15, 0.2) is 0 Å². The summed E-state index contributed by atoms with van der Waals surface area (Å²) in [5.74, 6) is 5.84. The van der Waals surface area contributed by atoms with E-state index in [1.165, 1.54) is 18.2 Å². The SMILES string of the molecule is NNc1ccc([N+](=O)[O-])cc1COc1cc(Cl)cc(Cl)c1. The molecule has 0 fully saturated rings. The lowest BCUT2D eigenvalue weighted by Gasteiger charge is -2.11. The molecule has 2 rings (SSSR count). The molecule has 0 aliphatic rings. The number of nitrogens with two attached hydrogens (primary N) is 1. The maximum Gasteiger partial charge on any atom is 0.269 e. The second-order valence-electron chi connectivity index (χ2n) is 4.14. The number of non-ortho nitro benzene ring substituents is 1. The van der Waals surface area contributed by atoms with Crippen molar-refractivity contribution >= 4 is 34.6 Å². The number of hydrogen-bond acceptors (Lipinski definition) is 5. The van der Waals surface area contributed by atoms with Gasteiger partial charge in [-0.05, 0) is 24.3 Å². The Morgan fingerprint density at radius 2 is 1.86 bits per heavy atom. The van der Waals surface area contributed by atoms with Gasteiger partial charge in [0.25, 0.3) is 5.69 Å². The highest BCUT2D eigenvalue weighted by Gasteiger charge is 2.11. The lowest BCUT2D eigenvalue weighted by molar-refractivity contribution is -0.384. The molecule has 6 nitrogen and oxygen atoms in total. The van der Waals surface area contributed by atoms with E-state index in [0.717, 1.165) is 0 Å². The number of nitrogens with one attached hydrogen (secondary N) is 1. The minimum Gasteiger partial charge on any atom is -0.489 e. The van der Waals surface area contributed by atoms with Gasteiger partial charge >= 0.3 is 0 Å². The molecular formula is C13H11Cl2N3O3. The summed E-state index contributed by atoms with van der Waals surface area (Å²) in [6.07, 6.45) is 0. The Morgan fingerprint density at radius 3 is 2.43 bits per heavy atom. The summed E-state index contributed by atoms with van der Waals surface area (Å²) in [5.41, 5.74) is 3.50. The maximum atomic E-state index is 10.8. The van der Waals surface area contributed by atoms with Crippen LogP contribution in [0.3, 0.4) is 0 Å². The molecule has 0 radical (unpaired) electrons. The van der Waals surface area contributed by atoms with Gasteiger partial charge in [-0.2, -0.15) is 0 Å². The molecule has 0 atom stereocenters. The largest absolute Gasteiger partial charge is 0.489 e. The van der Waals surface area contributed by atoms with Gasteiger partial charge in [-0.1, -0.05) is 23.2 Å². The third kappa shape index (κ3) is 3.98. The Bertz CT molecular complexity index is 659. The van der Waals surface area contributed by atoms with E-state index in [0.29, 0.717) is 27.0 Å². The second-order valence-corrected chi connectivity index (χ2v) is 5.01. The summed E-state index contributed by atoms with van der Waals surface area (Å²) < 4.78 is 5.54. The summed E-state index contributed by atoms with van der Waals surface area (Å²) in [5, 5.41) is 11.7. The van der Waals surface area contributed by atoms with E-state index in [4.69, 9.17) is 33.8 Å². The van der Waals surface area contributed by atoms with E-state index in [1.54, 1.807) is 18.2 Å². The fourth-order valence-electron chi connectivity index (χ4n) is 1.73. The van der Waals surface area contributed by atoms with Crippen molar-refractivity contribution in [1.29, 1.82) is 0 Å². The number of rotatable bonds is 5. The predicted octanol–water partition coefficient (Wildman–Crippen LogP) is 3.77. The van der Waals surface area contributed by atoms with Crippen molar-refractivity contribution in [3.63, 3.8) is 0 Å². The van der Waals surface area contributed by atoms with Crippen molar-refractivity contribution in [3.8, 4) is 5.75 Å². The first-order valence-corrected chi connectivity index (χ1v) is 6.58. The Morgan fingerprint density at radius 1 is 1.19 bits per heavy atom. The number of halogens is 2. The summed E-state index contributed by atoms with van der Waals surface area (Å²) in [7, 11) is 0. The molecule has 0 spiro atoms. The highest BCUT2D eigenvalue weighted by molar-refractivity contribution is 6.34. The number of nitro groups is 1. The number of nitrogen functional groups attached to an aromatic ring is 1. The molecule has 0 aliphatic carbocycles. The Hall–Kier alpha value is -2.02. The fourth-order valence-corrected chi connectivity index (χ4v) is 2.23. The van der Waals surface area contributed by atoms with Crippen molar-refractivity contribution in [2.45, 2.75) is 6.61 Å². The number of ether oxygens (including phenoxy) is 1. The van der Waals surface area contributed by atoms with Crippen LogP contribution in [0.15, 0.2) is 36.4 Å². The molecule has 2 aromatic carbocycles. The number of hydrogen-bond donors (Lipinski definition) is 2. The van der Waals surface area contributed by atoms with Crippen LogP contribution in [0.1, 0.15) is 5.56 Å². The molecule has 0 saturated carbocycles. The van der Waals surface area contributed by atoms with Crippen molar-refractivity contribution in [3.05, 3.63) is 62.1 Å². The van der Waals surface area contributed by atoms with Gasteiger partial charge in [-0.3, -0.25) is 16.0 Å². The number of hydrazine groups is 1. The summed E-state index contributed by atoms with van der Waals surface area (Å²) in [6, 6.07) is 9.04. The van der Waals surface area contributed by atoms with Crippen LogP contribution >= 0.6 is 23.2 Å². The average molecular weight is 328 g/mol. The average Bonchev–Trinajstić information content (AvgIpc) is 2.43. The monoisotopic (exact) mass is 327 g/mol. The molecular weight excluding hydrogens is 317 g/mol. The molecule has 2 aromatic rings. The lowest BCUT2D eigenvalue weighted by atomic mass is 10.1. The molecule has 0 bridgehead atoms. The van der Waals surface area contributed by atoms with E-state index in [1.807, 2.05) is 0 Å². The van der Waals surface area contributed by atoms with Crippen LogP contribution in [0.4, 0.5) is 11.4 Å². The van der Waals surface area contributed by atoms with Crippen LogP contribution < -0.4 is 16.0 Å². The zero-order valence-electron chi connectivity index (χ0n) is 10.7. The molecule has 8 heteroatoms. The lowest BCUT2D eigenvalue weighted by Crippen LogP contribution is -2.10. The topological polar surface area (TPSA) is 90.4 Å². The zero-order chi connectivity index (χ0) is 15.4. The Balaban J connectivity index is 2.21. The highest BCUT2D eigenvalue weighted by atomic mass is 35.5. The smallest absolute Gasteiger partial charge is 0.269 e. The first-order chi connectivity index (χ1) is 9.99. The van der Waals surface area contributed by atoms with E-state index in [9.17, 15) is 10.1 Å². The summed E-state index contributed by atoms with van der Waals surface area (Å²) in [6.45, 7) is 0.0812. The molecule has 0 aromatic heterocycles. The van der Waals surface area contributed by atoms with E-state index in [2.05, 4.69) is 5.43 Å². The van der Waals surface area contributed by atoms with Gasteiger partial charge in [-0.25, -0.2) is 0 Å². The highest BCUT2D eigenvalue weighted by Crippen LogP contribution is 2.27. The molecule has 0 saturated heterocycles. The molecule has 3 N–H and O–H groups in total. The number of nitro benzene ring substituents is 1. The van der Waals surface area contributed by atoms with E-state index >= 15 is 0 Å². The van der Waals surface area contributed by atoms with Gasteiger partial charge in [0, 0.05) is 27.7 Å². The van der Waals surface area contributed by atoms with Crippen molar-refractivity contribution in [2.24, 2.45) is 5.84 Å². The van der Waals surface area contributed by atoms with Crippen LogP contribution in [0.2, 0.25) is 10.0 Å². The van der Waals surface area contributed by atoms with Gasteiger partial charge in [0.1, 0.15) is 12.4 Å². The second kappa shape index (κ2) is 6.62. The van der Waals surface area contributed by atoms with E-state index in [-0.39, 0.29) is 12.3 Å². The maximum absolute atomic E-state index is 10.8. The molecule has 0 unspecified atom stereocenters. The van der Waals surface area contributed by atoms with Gasteiger partial charge in [0.2, 0.25) is 0 Å². The zero-order valence-corrected chi connectivity index (χ0v) is 12.2. The van der Waals surface area contributed by atoms with Crippen LogP contribution in [0, 0.1) is 10.1 Å². The third-order valence-corrected chi connectivity index (χ3v) is 3.12. The minimum atomic E-state index is -0.486. The van der Waals surface area contributed by atoms with Gasteiger partial charge < -0.3 is 10.2 Å². The Labute approximate surface area is 130 Å². The molecule has 0 aliphatic heterocycles. The van der Waals surface area contributed by atoms with Crippen molar-refractivity contribution in [1.82, 2.24) is 0 Å². The van der Waals surface area contributed by atoms with E-state index < -0.39 is 4.92 Å². The minimum absolute atomic E-state index is 0.0447. The Kier molecular flexibility index (Phi) is 4.85. The predicted molar refractivity (Wildman–Crippen MR) is 81.7 cm³/mol. The number of nitrogens with zero attached hydrogens (tertiary/aromatic N) is 1. The fraction of sp³-hybridized carbons (Fsp3) is 0.0769. The summed E-state index contributed by atoms with van der Waals surface area (Å²) in [4.78, 5) is 10.3. The first-order valence-electron chi connectivity index (χ1n) is 5.82. The standard InChI is InChI=1S/C13H11Cl2N3O3/c14-9-4-10(15)6-12(5-9)21-7-8-3-11(18(19)20)1-2-13(8)17-16/h1-6,17H,7,16H2. The van der Waals surface area contributed by atoms with Crippen LogP contribution in [-0.4, -0.2) is 4.92 Å². The molecule has 110 valence electrons. The van der Waals surface area contributed by atoms with Crippen LogP contribution in [0.5, 0.6) is 5.75 Å². The number of anilines is 1. The molecule has 0 amide bonds. The normalized spacial score (nSPS) is 10.2. The van der Waals surface area contributed by atoms with Crippen molar-refractivity contribution < 1.29 is 9.66 Å².